The molecule has 0 radical (unpaired) electrons. The van der Waals surface area contributed by atoms with Crippen molar-refractivity contribution in [2.75, 3.05) is 11.5 Å². The number of nitrogens with two attached hydrogens (primary N) is 2. The van der Waals surface area contributed by atoms with Crippen LogP contribution >= 0.6 is 0 Å². The van der Waals surface area contributed by atoms with Crippen molar-refractivity contribution < 1.29 is 13.2 Å². The Morgan fingerprint density at radius 2 is 1.32 bits per heavy atom. The fourth-order valence-electron chi connectivity index (χ4n) is 1.36. The smallest absolute Gasteiger partial charge is 0.393 e. The zero-order chi connectivity index (χ0) is 14.3. The summed E-state index contributed by atoms with van der Waals surface area (Å²) in [6, 6.07) is 15.5. The minimum atomic E-state index is -4.19. The summed E-state index contributed by atoms with van der Waals surface area (Å²) in [6.45, 7) is 0. The van der Waals surface area contributed by atoms with E-state index in [1.165, 1.54) is 18.2 Å². The van der Waals surface area contributed by atoms with Crippen molar-refractivity contribution in [3.8, 4) is 0 Å². The van der Waals surface area contributed by atoms with Gasteiger partial charge in [-0.25, -0.2) is 0 Å². The maximum Gasteiger partial charge on any atom is 0.393 e. The Morgan fingerprint density at radius 1 is 0.789 bits per heavy atom. The third-order valence-electron chi connectivity index (χ3n) is 2.25. The van der Waals surface area contributed by atoms with E-state index in [0.29, 0.717) is 0 Å². The van der Waals surface area contributed by atoms with Crippen LogP contribution in [-0.2, 0) is 6.42 Å². The van der Waals surface area contributed by atoms with Crippen molar-refractivity contribution in [3.63, 3.8) is 0 Å². The Kier molecular flexibility index (Phi) is 5.23. The quantitative estimate of drug-likeness (QED) is 0.776. The predicted molar refractivity (Wildman–Crippen MR) is 71.5 cm³/mol. The van der Waals surface area contributed by atoms with Gasteiger partial charge in [0.25, 0.3) is 0 Å². The molecule has 4 N–H and O–H groups in total. The zero-order valence-electron chi connectivity index (χ0n) is 10.2. The lowest BCUT2D eigenvalue weighted by Crippen LogP contribution is -2.12. The van der Waals surface area contributed by atoms with Crippen LogP contribution in [0.5, 0.6) is 0 Å². The molecule has 0 fully saturated rings. The van der Waals surface area contributed by atoms with Crippen LogP contribution in [-0.4, -0.2) is 6.18 Å². The van der Waals surface area contributed by atoms with E-state index in [9.17, 15) is 13.2 Å². The molecule has 0 amide bonds. The minimum absolute atomic E-state index is 0.130. The van der Waals surface area contributed by atoms with E-state index >= 15 is 0 Å². The van der Waals surface area contributed by atoms with Crippen LogP contribution in [0.15, 0.2) is 54.6 Å². The van der Waals surface area contributed by atoms with Gasteiger partial charge >= 0.3 is 6.18 Å². The summed E-state index contributed by atoms with van der Waals surface area (Å²) in [4.78, 5) is 0. The number of hydrogen-bond acceptors (Lipinski definition) is 2. The lowest BCUT2D eigenvalue weighted by molar-refractivity contribution is -0.127. The first-order valence-electron chi connectivity index (χ1n) is 5.59. The van der Waals surface area contributed by atoms with Crippen LogP contribution in [0, 0.1) is 0 Å². The average molecular weight is 268 g/mol. The van der Waals surface area contributed by atoms with Crippen LogP contribution in [0.3, 0.4) is 0 Å². The summed E-state index contributed by atoms with van der Waals surface area (Å²) in [5.41, 5.74) is 11.8. The summed E-state index contributed by atoms with van der Waals surface area (Å²) in [5.74, 6) is 0. The van der Waals surface area contributed by atoms with Crippen molar-refractivity contribution in [2.24, 2.45) is 0 Å². The molecule has 0 saturated carbocycles. The number of anilines is 2. The van der Waals surface area contributed by atoms with Crippen molar-refractivity contribution in [2.45, 2.75) is 12.6 Å². The van der Waals surface area contributed by atoms with Gasteiger partial charge in [-0.05, 0) is 23.8 Å². The van der Waals surface area contributed by atoms with E-state index in [1.807, 2.05) is 30.3 Å². The van der Waals surface area contributed by atoms with Crippen LogP contribution in [0.2, 0.25) is 0 Å². The summed E-state index contributed by atoms with van der Waals surface area (Å²) in [7, 11) is 0. The molecule has 0 saturated heterocycles. The Bertz CT molecular complexity index is 496. The molecule has 2 aromatic carbocycles. The molecule has 0 bridgehead atoms. The second kappa shape index (κ2) is 6.68. The molecule has 0 aliphatic rings. The first-order valence-corrected chi connectivity index (χ1v) is 5.59. The van der Waals surface area contributed by atoms with Crippen molar-refractivity contribution in [1.29, 1.82) is 0 Å². The topological polar surface area (TPSA) is 52.0 Å². The number of benzene rings is 2. The van der Waals surface area contributed by atoms with Crippen molar-refractivity contribution in [3.05, 3.63) is 60.2 Å². The highest BCUT2D eigenvalue weighted by atomic mass is 19.4. The summed E-state index contributed by atoms with van der Waals surface area (Å²) in [5, 5.41) is 0. The van der Waals surface area contributed by atoms with Gasteiger partial charge in [-0.1, -0.05) is 36.4 Å². The van der Waals surface area contributed by atoms with E-state index in [4.69, 9.17) is 11.5 Å². The maximum atomic E-state index is 11.9. The Hall–Kier alpha value is -2.17. The van der Waals surface area contributed by atoms with Gasteiger partial charge < -0.3 is 11.5 Å². The Labute approximate surface area is 109 Å². The second-order valence-electron chi connectivity index (χ2n) is 3.90. The van der Waals surface area contributed by atoms with Gasteiger partial charge in [-0.15, -0.1) is 0 Å². The molecule has 0 aliphatic carbocycles. The normalized spacial score (nSPS) is 10.5. The first kappa shape index (κ1) is 14.9. The zero-order valence-corrected chi connectivity index (χ0v) is 10.2. The second-order valence-corrected chi connectivity index (χ2v) is 3.90. The van der Waals surface area contributed by atoms with Crippen LogP contribution in [0.25, 0.3) is 0 Å². The SMILES string of the molecule is Nc1ccccc1.Nc1ccccc1CC(F)(F)F. The number of rotatable bonds is 1. The maximum absolute atomic E-state index is 11.9. The highest BCUT2D eigenvalue weighted by Gasteiger charge is 2.28. The molecule has 0 aromatic heterocycles. The summed E-state index contributed by atoms with van der Waals surface area (Å²) < 4.78 is 35.6. The van der Waals surface area contributed by atoms with Gasteiger partial charge in [0.15, 0.2) is 0 Å². The number of halogens is 3. The lowest BCUT2D eigenvalue weighted by atomic mass is 10.1. The number of hydrogen-bond donors (Lipinski definition) is 2. The largest absolute Gasteiger partial charge is 0.399 e. The van der Waals surface area contributed by atoms with E-state index in [2.05, 4.69) is 0 Å². The molecule has 2 nitrogen and oxygen atoms in total. The van der Waals surface area contributed by atoms with E-state index < -0.39 is 12.6 Å². The lowest BCUT2D eigenvalue weighted by Gasteiger charge is -2.07. The molecule has 19 heavy (non-hydrogen) atoms. The summed E-state index contributed by atoms with van der Waals surface area (Å²) in [6.07, 6.45) is -5.14. The Morgan fingerprint density at radius 3 is 1.74 bits per heavy atom. The van der Waals surface area contributed by atoms with Gasteiger partial charge in [-0.3, -0.25) is 0 Å². The first-order chi connectivity index (χ1) is 8.88. The monoisotopic (exact) mass is 268 g/mol. The van der Waals surface area contributed by atoms with Gasteiger partial charge in [0, 0.05) is 11.4 Å². The Balaban J connectivity index is 0.000000218. The van der Waals surface area contributed by atoms with E-state index in [1.54, 1.807) is 6.07 Å². The molecule has 0 unspecified atom stereocenters. The number of para-hydroxylation sites is 2. The summed E-state index contributed by atoms with van der Waals surface area (Å²) >= 11 is 0. The van der Waals surface area contributed by atoms with Gasteiger partial charge in [-0.2, -0.15) is 13.2 Å². The predicted octanol–water partition coefficient (Wildman–Crippen LogP) is 3.64. The molecular formula is C14H15F3N2. The van der Waals surface area contributed by atoms with Crippen LogP contribution in [0.4, 0.5) is 24.5 Å². The molecule has 102 valence electrons. The average Bonchev–Trinajstić information content (AvgIpc) is 2.32. The van der Waals surface area contributed by atoms with Crippen LogP contribution < -0.4 is 11.5 Å². The molecule has 0 heterocycles. The third-order valence-corrected chi connectivity index (χ3v) is 2.25. The van der Waals surface area contributed by atoms with Crippen molar-refractivity contribution in [1.82, 2.24) is 0 Å². The molecular weight excluding hydrogens is 253 g/mol. The minimum Gasteiger partial charge on any atom is -0.399 e. The standard InChI is InChI=1S/C8H8F3N.C6H7N/c9-8(10,11)5-6-3-1-2-4-7(6)12;7-6-4-2-1-3-5-6/h1-4H,5,12H2;1-5H,7H2. The fraction of sp³-hybridized carbons (Fsp3) is 0.143. The molecule has 2 rings (SSSR count). The van der Waals surface area contributed by atoms with E-state index in [-0.39, 0.29) is 11.3 Å². The fourth-order valence-corrected chi connectivity index (χ4v) is 1.36. The number of nitrogen functional groups attached to an aromatic ring is 2. The van der Waals surface area contributed by atoms with Gasteiger partial charge in [0.05, 0.1) is 6.42 Å². The van der Waals surface area contributed by atoms with E-state index in [0.717, 1.165) is 5.69 Å². The molecule has 0 atom stereocenters. The molecule has 0 spiro atoms. The third kappa shape index (κ3) is 6.35. The number of alkyl halides is 3. The molecule has 2 aromatic rings. The van der Waals surface area contributed by atoms with Gasteiger partial charge in [0.2, 0.25) is 0 Å². The van der Waals surface area contributed by atoms with Crippen molar-refractivity contribution >= 4 is 11.4 Å². The van der Waals surface area contributed by atoms with Gasteiger partial charge in [0.1, 0.15) is 0 Å². The highest BCUT2D eigenvalue weighted by molar-refractivity contribution is 5.46. The molecule has 0 aliphatic heterocycles. The highest BCUT2D eigenvalue weighted by Crippen LogP contribution is 2.24. The van der Waals surface area contributed by atoms with Crippen LogP contribution in [0.1, 0.15) is 5.56 Å². The molecule has 5 heteroatoms.